The Labute approximate surface area is 389 Å². The molecule has 0 atom stereocenters. The van der Waals surface area contributed by atoms with Gasteiger partial charge in [-0.2, -0.15) is 5.10 Å². The van der Waals surface area contributed by atoms with Crippen molar-refractivity contribution in [3.8, 4) is 39.3 Å². The molecule has 0 aliphatic carbocycles. The maximum absolute atomic E-state index is 12.8. The SMILES string of the molecule is C=C(CCCCCCCC(=O)NCCNC(=O)c1ccc(-c2cnc(N)c(-c3ccc(O)cc3)c2CC)cn1)NCCn1ccc(-c2cc(Cl)c(Cl)c3[nH]c4c(c23)CN(C(C)=O)CC4)n1. The predicted octanol–water partition coefficient (Wildman–Crippen LogP) is 8.60. The number of hydrogen-bond acceptors (Lipinski definition) is 9. The van der Waals surface area contributed by atoms with E-state index in [1.165, 1.54) is 0 Å². The van der Waals surface area contributed by atoms with Crippen molar-refractivity contribution < 1.29 is 19.5 Å². The summed E-state index contributed by atoms with van der Waals surface area (Å²) in [7, 11) is 0. The third kappa shape index (κ3) is 11.3. The van der Waals surface area contributed by atoms with Gasteiger partial charge in [-0.15, -0.1) is 0 Å². The molecule has 0 saturated carbocycles. The molecule has 6 aromatic rings. The maximum Gasteiger partial charge on any atom is 0.269 e. The number of nitrogens with one attached hydrogen (secondary N) is 4. The lowest BCUT2D eigenvalue weighted by molar-refractivity contribution is -0.129. The molecule has 340 valence electrons. The van der Waals surface area contributed by atoms with Crippen LogP contribution in [0.1, 0.15) is 86.1 Å². The van der Waals surface area contributed by atoms with E-state index in [0.29, 0.717) is 61.4 Å². The smallest absolute Gasteiger partial charge is 0.269 e. The van der Waals surface area contributed by atoms with Crippen molar-refractivity contribution in [2.24, 2.45) is 0 Å². The van der Waals surface area contributed by atoms with E-state index < -0.39 is 0 Å². The fourth-order valence-electron chi connectivity index (χ4n) is 8.41. The number of hydrogen-bond donors (Lipinski definition) is 6. The molecule has 0 bridgehead atoms. The highest BCUT2D eigenvalue weighted by molar-refractivity contribution is 6.45. The zero-order valence-electron chi connectivity index (χ0n) is 36.9. The number of aromatic amines is 1. The number of benzene rings is 2. The Hall–Kier alpha value is -6.38. The van der Waals surface area contributed by atoms with Crippen LogP contribution in [0.5, 0.6) is 5.75 Å². The second-order valence-electron chi connectivity index (χ2n) is 16.4. The number of pyridine rings is 2. The molecule has 4 aromatic heterocycles. The summed E-state index contributed by atoms with van der Waals surface area (Å²) in [5, 5.41) is 25.6. The molecule has 7 N–H and O–H groups in total. The average molecular weight is 920 g/mol. The number of carbonyl (C=O) groups excluding carboxylic acids is 3. The molecule has 0 saturated heterocycles. The molecule has 3 amide bonds. The van der Waals surface area contributed by atoms with Crippen LogP contribution in [0.25, 0.3) is 44.4 Å². The minimum Gasteiger partial charge on any atom is -0.508 e. The van der Waals surface area contributed by atoms with Crippen molar-refractivity contribution in [2.45, 2.75) is 84.7 Å². The lowest BCUT2D eigenvalue weighted by atomic mass is 9.92. The zero-order chi connectivity index (χ0) is 46.0. The van der Waals surface area contributed by atoms with Gasteiger partial charge in [0.05, 0.1) is 27.8 Å². The number of amides is 3. The van der Waals surface area contributed by atoms with Crippen LogP contribution < -0.4 is 21.7 Å². The predicted molar refractivity (Wildman–Crippen MR) is 257 cm³/mol. The molecule has 7 rings (SSSR count). The Morgan fingerprint density at radius 3 is 2.37 bits per heavy atom. The number of fused-ring (bicyclic) bond motifs is 3. The third-order valence-corrected chi connectivity index (χ3v) is 12.7. The van der Waals surface area contributed by atoms with E-state index in [1.807, 2.05) is 53.0 Å². The van der Waals surface area contributed by atoms with Gasteiger partial charge in [0.25, 0.3) is 5.91 Å². The van der Waals surface area contributed by atoms with Gasteiger partial charge in [-0.1, -0.05) is 74.2 Å². The van der Waals surface area contributed by atoms with Crippen LogP contribution in [0.4, 0.5) is 5.82 Å². The summed E-state index contributed by atoms with van der Waals surface area (Å²) in [6, 6.07) is 14.2. The highest BCUT2D eigenvalue weighted by atomic mass is 35.5. The Bertz CT molecular complexity index is 2680. The number of nitrogens with zero attached hydrogens (tertiary/aromatic N) is 5. The molecule has 0 unspecified atom stereocenters. The first-order valence-electron chi connectivity index (χ1n) is 22.2. The topological polar surface area (TPSA) is 196 Å². The summed E-state index contributed by atoms with van der Waals surface area (Å²) in [5.74, 6) is 0.256. The third-order valence-electron chi connectivity index (χ3n) is 11.9. The van der Waals surface area contributed by atoms with Crippen molar-refractivity contribution in [3.05, 3.63) is 112 Å². The number of carbonyl (C=O) groups is 3. The molecule has 65 heavy (non-hydrogen) atoms. The van der Waals surface area contributed by atoms with Crippen molar-refractivity contribution in [2.75, 3.05) is 31.9 Å². The van der Waals surface area contributed by atoms with Crippen LogP contribution in [0.2, 0.25) is 10.0 Å². The summed E-state index contributed by atoms with van der Waals surface area (Å²) >= 11 is 13.2. The normalized spacial score (nSPS) is 12.3. The zero-order valence-corrected chi connectivity index (χ0v) is 38.4. The van der Waals surface area contributed by atoms with Crippen molar-refractivity contribution in [1.82, 2.24) is 45.6 Å². The van der Waals surface area contributed by atoms with Gasteiger partial charge in [-0.25, -0.2) is 4.98 Å². The molecule has 5 heterocycles. The van der Waals surface area contributed by atoms with Gasteiger partial charge in [0.15, 0.2) is 0 Å². The van der Waals surface area contributed by atoms with E-state index in [1.54, 1.807) is 37.5 Å². The van der Waals surface area contributed by atoms with E-state index in [4.69, 9.17) is 34.0 Å². The van der Waals surface area contributed by atoms with Gasteiger partial charge in [-0.3, -0.25) is 24.0 Å². The van der Waals surface area contributed by atoms with Crippen LogP contribution in [-0.4, -0.2) is 78.6 Å². The summed E-state index contributed by atoms with van der Waals surface area (Å²) in [6.07, 6.45) is 12.9. The number of allylic oxidation sites excluding steroid dienone is 1. The van der Waals surface area contributed by atoms with Gasteiger partial charge in [0.2, 0.25) is 11.8 Å². The van der Waals surface area contributed by atoms with Crippen LogP contribution >= 0.6 is 23.2 Å². The Kier molecular flexibility index (Phi) is 15.4. The molecule has 14 nitrogen and oxygen atoms in total. The molecular weight excluding hydrogens is 864 g/mol. The number of nitrogens with two attached hydrogens (primary N) is 1. The van der Waals surface area contributed by atoms with E-state index in [9.17, 15) is 19.5 Å². The minimum absolute atomic E-state index is 0.0336. The lowest BCUT2D eigenvalue weighted by Crippen LogP contribution is -2.34. The summed E-state index contributed by atoms with van der Waals surface area (Å²) in [4.78, 5) is 51.5. The van der Waals surface area contributed by atoms with Gasteiger partial charge in [-0.05, 0) is 67.1 Å². The number of rotatable bonds is 20. The number of unbranched alkanes of at least 4 members (excludes halogenated alkanes) is 4. The Morgan fingerprint density at radius 1 is 0.892 bits per heavy atom. The van der Waals surface area contributed by atoms with Crippen LogP contribution in [0.3, 0.4) is 0 Å². The van der Waals surface area contributed by atoms with E-state index in [-0.39, 0.29) is 35.7 Å². The maximum atomic E-state index is 12.8. The first-order valence-corrected chi connectivity index (χ1v) is 23.0. The number of phenols is 1. The molecule has 0 spiro atoms. The molecule has 1 aliphatic rings. The number of anilines is 1. The van der Waals surface area contributed by atoms with Gasteiger partial charge in [0.1, 0.15) is 17.3 Å². The number of aromatic nitrogens is 5. The summed E-state index contributed by atoms with van der Waals surface area (Å²) in [6.45, 7) is 11.0. The first kappa shape index (κ1) is 46.6. The fourth-order valence-corrected chi connectivity index (χ4v) is 8.81. The van der Waals surface area contributed by atoms with E-state index >= 15 is 0 Å². The van der Waals surface area contributed by atoms with Crippen molar-refractivity contribution >= 4 is 57.6 Å². The van der Waals surface area contributed by atoms with Crippen LogP contribution in [0, 0.1) is 0 Å². The largest absolute Gasteiger partial charge is 0.508 e. The van der Waals surface area contributed by atoms with Crippen LogP contribution in [0.15, 0.2) is 79.4 Å². The number of aromatic hydroxyl groups is 1. The number of halogens is 2. The number of H-pyrrole nitrogens is 1. The molecule has 16 heteroatoms. The quantitative estimate of drug-likeness (QED) is 0.0407. The fraction of sp³-hybridized carbons (Fsp3) is 0.347. The van der Waals surface area contributed by atoms with E-state index in [2.05, 4.69) is 37.5 Å². The minimum atomic E-state index is -0.325. The van der Waals surface area contributed by atoms with Gasteiger partial charge < -0.3 is 36.7 Å². The first-order chi connectivity index (χ1) is 31.4. The molecule has 2 aromatic carbocycles. The van der Waals surface area contributed by atoms with Crippen LogP contribution in [-0.2, 0) is 35.5 Å². The number of nitrogen functional groups attached to an aromatic ring is 1. The second-order valence-corrected chi connectivity index (χ2v) is 17.1. The van der Waals surface area contributed by atoms with Gasteiger partial charge >= 0.3 is 0 Å². The van der Waals surface area contributed by atoms with Gasteiger partial charge in [0, 0.05) is 116 Å². The van der Waals surface area contributed by atoms with E-state index in [0.717, 1.165) is 112 Å². The second kappa shape index (κ2) is 21.5. The highest BCUT2D eigenvalue weighted by Gasteiger charge is 2.27. The average Bonchev–Trinajstić information content (AvgIpc) is 3.94. The lowest BCUT2D eigenvalue weighted by Gasteiger charge is -2.26. The Balaban J connectivity index is 0.754. The van der Waals surface area contributed by atoms with Crippen molar-refractivity contribution in [1.29, 1.82) is 0 Å². The molecule has 0 fully saturated rings. The summed E-state index contributed by atoms with van der Waals surface area (Å²) in [5.41, 5.74) is 16.5. The molecular formula is C49H56Cl2N10O4. The van der Waals surface area contributed by atoms with Crippen molar-refractivity contribution in [3.63, 3.8) is 0 Å². The monoisotopic (exact) mass is 918 g/mol. The Morgan fingerprint density at radius 2 is 1.63 bits per heavy atom. The number of phenolic OH excluding ortho intramolecular Hbond substituents is 1. The highest BCUT2D eigenvalue weighted by Crippen LogP contribution is 2.42. The summed E-state index contributed by atoms with van der Waals surface area (Å²) < 4.78 is 1.90. The molecule has 1 aliphatic heterocycles. The molecule has 0 radical (unpaired) electrons. The standard InChI is InChI=1S/C49H56Cl2N10O4/c1-4-35-37(28-57-48(52)44(35)32-12-15-34(63)16-13-32)33-14-17-42(56-27-33)49(65)55-21-20-54-43(64)11-9-7-5-6-8-10-30(2)53-22-25-61-24-19-41(59-61)36-26-39(50)46(51)47-45(36)38-29-60(31(3)62)23-18-40(38)58-47/h12-17,19,24,26-28,53,58,63H,2,4-11,18,20-23,25,29H2,1,3H3,(H2,52,57)(H,54,64)(H,55,65).